The molecule has 0 saturated carbocycles. The topological polar surface area (TPSA) is 63.1 Å². The van der Waals surface area contributed by atoms with Crippen molar-refractivity contribution in [3.05, 3.63) is 11.4 Å². The van der Waals surface area contributed by atoms with Gasteiger partial charge in [0.25, 0.3) is 5.91 Å². The standard InChI is InChI=1S/C16H27N5O.ClH/c1-11-4-5-12(2)20(10-11)16(22)15-13(3)21(19-18-15)14-6-8-17-9-7-14;/h11-12,14,17H,4-10H2,1-3H3;1H. The molecule has 7 heteroatoms. The van der Waals surface area contributed by atoms with Crippen molar-refractivity contribution < 1.29 is 4.79 Å². The van der Waals surface area contributed by atoms with Crippen molar-refractivity contribution in [3.8, 4) is 0 Å². The molecule has 3 rings (SSSR count). The van der Waals surface area contributed by atoms with E-state index in [1.807, 2.05) is 16.5 Å². The Morgan fingerprint density at radius 2 is 1.87 bits per heavy atom. The van der Waals surface area contributed by atoms with Gasteiger partial charge in [-0.3, -0.25) is 4.79 Å². The Labute approximate surface area is 144 Å². The van der Waals surface area contributed by atoms with E-state index in [1.165, 1.54) is 6.42 Å². The minimum atomic E-state index is 0. The van der Waals surface area contributed by atoms with Crippen molar-refractivity contribution in [2.45, 2.75) is 58.5 Å². The molecule has 23 heavy (non-hydrogen) atoms. The van der Waals surface area contributed by atoms with E-state index in [9.17, 15) is 4.79 Å². The Balaban J connectivity index is 0.00000192. The first-order chi connectivity index (χ1) is 10.6. The van der Waals surface area contributed by atoms with Gasteiger partial charge < -0.3 is 10.2 Å². The SMILES string of the molecule is Cc1c(C(=O)N2CC(C)CCC2C)nnn1C1CCNCC1.Cl. The second-order valence-corrected chi connectivity index (χ2v) is 6.94. The highest BCUT2D eigenvalue weighted by Gasteiger charge is 2.31. The molecule has 2 fully saturated rings. The van der Waals surface area contributed by atoms with Crippen LogP contribution in [0.15, 0.2) is 0 Å². The van der Waals surface area contributed by atoms with Gasteiger partial charge in [-0.05, 0) is 58.5 Å². The van der Waals surface area contributed by atoms with Gasteiger partial charge in [0.15, 0.2) is 5.69 Å². The lowest BCUT2D eigenvalue weighted by atomic mass is 9.94. The van der Waals surface area contributed by atoms with Crippen molar-refractivity contribution in [1.82, 2.24) is 25.2 Å². The van der Waals surface area contributed by atoms with Gasteiger partial charge in [0, 0.05) is 12.6 Å². The Morgan fingerprint density at radius 3 is 2.57 bits per heavy atom. The van der Waals surface area contributed by atoms with Gasteiger partial charge in [-0.15, -0.1) is 17.5 Å². The van der Waals surface area contributed by atoms with Crippen molar-refractivity contribution in [3.63, 3.8) is 0 Å². The zero-order valence-electron chi connectivity index (χ0n) is 14.3. The molecule has 2 aliphatic rings. The van der Waals surface area contributed by atoms with Crippen molar-refractivity contribution in [2.24, 2.45) is 5.92 Å². The van der Waals surface area contributed by atoms with E-state index < -0.39 is 0 Å². The van der Waals surface area contributed by atoms with Crippen LogP contribution in [-0.4, -0.2) is 51.5 Å². The first-order valence-corrected chi connectivity index (χ1v) is 8.51. The van der Waals surface area contributed by atoms with Crippen LogP contribution in [0.4, 0.5) is 0 Å². The second-order valence-electron chi connectivity index (χ2n) is 6.94. The summed E-state index contributed by atoms with van der Waals surface area (Å²) in [5.74, 6) is 0.622. The van der Waals surface area contributed by atoms with Gasteiger partial charge in [-0.25, -0.2) is 4.68 Å². The average molecular weight is 342 g/mol. The van der Waals surface area contributed by atoms with Crippen LogP contribution in [-0.2, 0) is 0 Å². The minimum absolute atomic E-state index is 0. The molecule has 130 valence electrons. The summed E-state index contributed by atoms with van der Waals surface area (Å²) in [5.41, 5.74) is 1.46. The molecule has 0 spiro atoms. The second kappa shape index (κ2) is 7.62. The molecule has 2 unspecified atom stereocenters. The van der Waals surface area contributed by atoms with E-state index in [0.29, 0.717) is 23.7 Å². The fourth-order valence-electron chi connectivity index (χ4n) is 3.64. The number of halogens is 1. The number of aromatic nitrogens is 3. The van der Waals surface area contributed by atoms with Crippen LogP contribution in [0.1, 0.15) is 61.8 Å². The van der Waals surface area contributed by atoms with Gasteiger partial charge >= 0.3 is 0 Å². The van der Waals surface area contributed by atoms with Crippen LogP contribution in [0.25, 0.3) is 0 Å². The molecule has 0 bridgehead atoms. The average Bonchev–Trinajstić information content (AvgIpc) is 2.91. The highest BCUT2D eigenvalue weighted by molar-refractivity contribution is 5.93. The number of likely N-dealkylation sites (tertiary alicyclic amines) is 1. The summed E-state index contributed by atoms with van der Waals surface area (Å²) in [6, 6.07) is 0.667. The Kier molecular flexibility index (Phi) is 6.03. The largest absolute Gasteiger partial charge is 0.334 e. The molecule has 1 N–H and O–H groups in total. The summed E-state index contributed by atoms with van der Waals surface area (Å²) in [5, 5.41) is 11.9. The zero-order valence-corrected chi connectivity index (χ0v) is 15.1. The molecule has 3 heterocycles. The van der Waals surface area contributed by atoms with Crippen molar-refractivity contribution >= 4 is 18.3 Å². The molecule has 1 aromatic heterocycles. The van der Waals surface area contributed by atoms with Gasteiger partial charge in [0.05, 0.1) is 11.7 Å². The molecule has 2 saturated heterocycles. The number of nitrogens with zero attached hydrogens (tertiary/aromatic N) is 4. The summed E-state index contributed by atoms with van der Waals surface area (Å²) < 4.78 is 1.96. The lowest BCUT2D eigenvalue weighted by molar-refractivity contribution is 0.0567. The predicted octanol–water partition coefficient (Wildman–Crippen LogP) is 2.19. The summed E-state index contributed by atoms with van der Waals surface area (Å²) in [6.07, 6.45) is 4.38. The number of piperidine rings is 2. The van der Waals surface area contributed by atoms with Gasteiger partial charge in [0.2, 0.25) is 0 Å². The third kappa shape index (κ3) is 3.69. The molecule has 0 radical (unpaired) electrons. The van der Waals surface area contributed by atoms with E-state index in [-0.39, 0.29) is 18.3 Å². The molecule has 0 aliphatic carbocycles. The number of nitrogens with one attached hydrogen (secondary N) is 1. The first-order valence-electron chi connectivity index (χ1n) is 8.51. The fraction of sp³-hybridized carbons (Fsp3) is 0.812. The molecule has 1 amide bonds. The summed E-state index contributed by atoms with van der Waals surface area (Å²) in [6.45, 7) is 9.18. The van der Waals surface area contributed by atoms with Crippen LogP contribution in [0, 0.1) is 12.8 Å². The molecular formula is C16H28ClN5O. The fourth-order valence-corrected chi connectivity index (χ4v) is 3.64. The zero-order chi connectivity index (χ0) is 15.7. The van der Waals surface area contributed by atoms with Crippen LogP contribution in [0.2, 0.25) is 0 Å². The van der Waals surface area contributed by atoms with Crippen molar-refractivity contribution in [1.29, 1.82) is 0 Å². The number of carbonyl (C=O) groups is 1. The van der Waals surface area contributed by atoms with Crippen LogP contribution in [0.5, 0.6) is 0 Å². The van der Waals surface area contributed by atoms with Gasteiger partial charge in [-0.2, -0.15) is 0 Å². The third-order valence-electron chi connectivity index (χ3n) is 5.16. The minimum Gasteiger partial charge on any atom is -0.334 e. The summed E-state index contributed by atoms with van der Waals surface area (Å²) >= 11 is 0. The Morgan fingerprint density at radius 1 is 1.17 bits per heavy atom. The maximum absolute atomic E-state index is 12.9. The van der Waals surface area contributed by atoms with E-state index in [4.69, 9.17) is 0 Å². The molecule has 2 aliphatic heterocycles. The maximum atomic E-state index is 12.9. The highest BCUT2D eigenvalue weighted by Crippen LogP contribution is 2.25. The third-order valence-corrected chi connectivity index (χ3v) is 5.16. The first kappa shape index (κ1) is 18.2. The number of rotatable bonds is 2. The summed E-state index contributed by atoms with van der Waals surface area (Å²) in [7, 11) is 0. The predicted molar refractivity (Wildman–Crippen MR) is 92.0 cm³/mol. The molecule has 6 nitrogen and oxygen atoms in total. The maximum Gasteiger partial charge on any atom is 0.276 e. The molecule has 2 atom stereocenters. The monoisotopic (exact) mass is 341 g/mol. The van der Waals surface area contributed by atoms with Crippen molar-refractivity contribution in [2.75, 3.05) is 19.6 Å². The van der Waals surface area contributed by atoms with Crippen LogP contribution in [0.3, 0.4) is 0 Å². The van der Waals surface area contributed by atoms with Gasteiger partial charge in [0.1, 0.15) is 0 Å². The Bertz CT molecular complexity index is 541. The lowest BCUT2D eigenvalue weighted by Gasteiger charge is -2.36. The van der Waals surface area contributed by atoms with Crippen LogP contribution < -0.4 is 5.32 Å². The van der Waals surface area contributed by atoms with E-state index in [1.54, 1.807) is 0 Å². The van der Waals surface area contributed by atoms with E-state index in [0.717, 1.165) is 44.6 Å². The quantitative estimate of drug-likeness (QED) is 0.895. The van der Waals surface area contributed by atoms with Crippen LogP contribution >= 0.6 is 12.4 Å². The molecular weight excluding hydrogens is 314 g/mol. The number of amides is 1. The number of hydrogen-bond acceptors (Lipinski definition) is 4. The number of carbonyl (C=O) groups excluding carboxylic acids is 1. The molecule has 1 aromatic rings. The van der Waals surface area contributed by atoms with E-state index >= 15 is 0 Å². The smallest absolute Gasteiger partial charge is 0.276 e. The normalized spacial score (nSPS) is 26.0. The van der Waals surface area contributed by atoms with Gasteiger partial charge in [-0.1, -0.05) is 12.1 Å². The lowest BCUT2D eigenvalue weighted by Crippen LogP contribution is -2.45. The summed E-state index contributed by atoms with van der Waals surface area (Å²) in [4.78, 5) is 14.9. The molecule has 0 aromatic carbocycles. The Hall–Kier alpha value is -1.14. The van der Waals surface area contributed by atoms with E-state index in [2.05, 4.69) is 29.5 Å². The number of hydrogen-bond donors (Lipinski definition) is 1. The highest BCUT2D eigenvalue weighted by atomic mass is 35.5.